The van der Waals surface area contributed by atoms with Gasteiger partial charge in [-0.3, -0.25) is 0 Å². The number of anilines is 2. The minimum absolute atomic E-state index is 0.397. The van der Waals surface area contributed by atoms with Crippen LogP contribution in [-0.4, -0.2) is 23.2 Å². The summed E-state index contributed by atoms with van der Waals surface area (Å²) in [7, 11) is 1.38. The van der Waals surface area contributed by atoms with Crippen LogP contribution in [0.25, 0.3) is 20.8 Å². The summed E-state index contributed by atoms with van der Waals surface area (Å²) < 4.78 is 6.16. The molecule has 2 N–H and O–H groups in total. The number of benzene rings is 3. The molecule has 0 aliphatic carbocycles. The van der Waals surface area contributed by atoms with Crippen molar-refractivity contribution < 1.29 is 9.53 Å². The van der Waals surface area contributed by atoms with E-state index >= 15 is 0 Å². The number of rotatable bonds is 6. The second-order valence-corrected chi connectivity index (χ2v) is 10.8. The number of carbonyl (C=O) groups excluding carboxylic acids is 1. The predicted molar refractivity (Wildman–Crippen MR) is 155 cm³/mol. The van der Waals surface area contributed by atoms with Crippen LogP contribution in [0.5, 0.6) is 0 Å². The monoisotopic (exact) mass is 529 g/mol. The van der Waals surface area contributed by atoms with Gasteiger partial charge in [-0.15, -0.1) is 22.7 Å². The number of esters is 1. The fourth-order valence-corrected chi connectivity index (χ4v) is 6.23. The van der Waals surface area contributed by atoms with Crippen molar-refractivity contribution in [2.75, 3.05) is 17.7 Å². The first-order valence-corrected chi connectivity index (χ1v) is 13.3. The van der Waals surface area contributed by atoms with E-state index in [4.69, 9.17) is 21.9 Å². The van der Waals surface area contributed by atoms with Crippen LogP contribution in [0.3, 0.4) is 0 Å². The van der Waals surface area contributed by atoms with E-state index in [0.717, 1.165) is 33.1 Å². The third-order valence-corrected chi connectivity index (χ3v) is 7.89. The summed E-state index contributed by atoms with van der Waals surface area (Å²) in [5.41, 5.74) is 5.78. The maximum absolute atomic E-state index is 12.4. The zero-order valence-corrected chi connectivity index (χ0v) is 22.2. The van der Waals surface area contributed by atoms with Gasteiger partial charge in [0.05, 0.1) is 22.9 Å². The van der Waals surface area contributed by atoms with Crippen LogP contribution in [0.1, 0.15) is 26.4 Å². The highest BCUT2D eigenvalue weighted by molar-refractivity contribution is 7.80. The lowest BCUT2D eigenvalue weighted by Crippen LogP contribution is -2.19. The molecule has 0 spiro atoms. The second kappa shape index (κ2) is 10.6. The lowest BCUT2D eigenvalue weighted by molar-refractivity contribution is 0.0602. The molecule has 2 aromatic heterocycles. The molecule has 0 fully saturated rings. The highest BCUT2D eigenvalue weighted by atomic mass is 32.1. The van der Waals surface area contributed by atoms with Crippen LogP contribution in [-0.2, 0) is 11.2 Å². The first-order chi connectivity index (χ1) is 17.5. The van der Waals surface area contributed by atoms with E-state index < -0.39 is 5.97 Å². The van der Waals surface area contributed by atoms with Gasteiger partial charge in [-0.25, -0.2) is 9.78 Å². The van der Waals surface area contributed by atoms with Crippen molar-refractivity contribution >= 4 is 66.9 Å². The molecule has 5 nitrogen and oxygen atoms in total. The fourth-order valence-electron chi connectivity index (χ4n) is 3.80. The Bertz CT molecular complexity index is 1540. The van der Waals surface area contributed by atoms with Crippen LogP contribution in [0.15, 0.2) is 78.9 Å². The second-order valence-electron chi connectivity index (χ2n) is 8.26. The zero-order valence-electron chi connectivity index (χ0n) is 19.7. The van der Waals surface area contributed by atoms with Crippen molar-refractivity contribution in [3.05, 3.63) is 100 Å². The van der Waals surface area contributed by atoms with Crippen LogP contribution in [0.4, 0.5) is 10.7 Å². The van der Waals surface area contributed by atoms with Gasteiger partial charge in [0.2, 0.25) is 0 Å². The molecular weight excluding hydrogens is 507 g/mol. The standard InChI is InChI=1S/C28H23N3O2S3/c1-17-8-13-23-24(14-17)36-25(30-23)19-9-11-20(12-10-19)29-28(34)31-26-22(27(32)33-2)16-21(35-26)15-18-6-4-3-5-7-18/h3-14,16H,15H2,1-2H3,(H2,29,31,34). The van der Waals surface area contributed by atoms with Crippen LogP contribution < -0.4 is 10.6 Å². The average molecular weight is 530 g/mol. The summed E-state index contributed by atoms with van der Waals surface area (Å²) in [6, 6.07) is 26.3. The number of hydrogen-bond donors (Lipinski definition) is 2. The van der Waals surface area contributed by atoms with Crippen molar-refractivity contribution in [2.24, 2.45) is 0 Å². The molecule has 0 aliphatic heterocycles. The van der Waals surface area contributed by atoms with Gasteiger partial charge in [-0.05, 0) is 72.7 Å². The van der Waals surface area contributed by atoms with Gasteiger partial charge in [-0.2, -0.15) is 0 Å². The molecule has 3 aromatic carbocycles. The van der Waals surface area contributed by atoms with Gasteiger partial charge < -0.3 is 15.4 Å². The van der Waals surface area contributed by atoms with E-state index in [0.29, 0.717) is 15.7 Å². The molecule has 36 heavy (non-hydrogen) atoms. The summed E-state index contributed by atoms with van der Waals surface area (Å²) in [6.07, 6.45) is 0.726. The van der Waals surface area contributed by atoms with E-state index in [1.54, 1.807) is 11.3 Å². The molecule has 2 heterocycles. The third kappa shape index (κ3) is 5.46. The Morgan fingerprint density at radius 2 is 1.75 bits per heavy atom. The van der Waals surface area contributed by atoms with E-state index in [1.807, 2.05) is 48.5 Å². The Kier molecular flexibility index (Phi) is 7.09. The first-order valence-electron chi connectivity index (χ1n) is 11.3. The molecule has 0 unspecified atom stereocenters. The van der Waals surface area contributed by atoms with Crippen LogP contribution >= 0.6 is 34.9 Å². The van der Waals surface area contributed by atoms with Crippen molar-refractivity contribution in [1.29, 1.82) is 0 Å². The van der Waals surface area contributed by atoms with E-state index in [-0.39, 0.29) is 0 Å². The van der Waals surface area contributed by atoms with Gasteiger partial charge >= 0.3 is 5.97 Å². The number of nitrogens with one attached hydrogen (secondary N) is 2. The van der Waals surface area contributed by atoms with E-state index in [2.05, 4.69) is 47.9 Å². The number of carbonyl (C=O) groups is 1. The van der Waals surface area contributed by atoms with Gasteiger partial charge in [0.1, 0.15) is 10.0 Å². The number of nitrogens with zero attached hydrogens (tertiary/aromatic N) is 1. The van der Waals surface area contributed by atoms with Crippen molar-refractivity contribution in [3.63, 3.8) is 0 Å². The van der Waals surface area contributed by atoms with E-state index in [1.165, 1.54) is 34.3 Å². The Morgan fingerprint density at radius 1 is 0.972 bits per heavy atom. The predicted octanol–water partition coefficient (Wildman–Crippen LogP) is 7.52. The summed E-state index contributed by atoms with van der Waals surface area (Å²) in [5.74, 6) is -0.397. The van der Waals surface area contributed by atoms with Crippen molar-refractivity contribution in [1.82, 2.24) is 4.98 Å². The van der Waals surface area contributed by atoms with Crippen LogP contribution in [0.2, 0.25) is 0 Å². The number of thiazole rings is 1. The Morgan fingerprint density at radius 3 is 2.50 bits per heavy atom. The summed E-state index contributed by atoms with van der Waals surface area (Å²) in [6.45, 7) is 2.09. The summed E-state index contributed by atoms with van der Waals surface area (Å²) in [5, 5.41) is 8.42. The van der Waals surface area contributed by atoms with Gasteiger partial charge in [0.15, 0.2) is 5.11 Å². The molecule has 0 amide bonds. The molecule has 180 valence electrons. The minimum Gasteiger partial charge on any atom is -0.465 e. The molecule has 0 atom stereocenters. The number of hydrogen-bond acceptors (Lipinski definition) is 6. The number of thiophene rings is 1. The molecule has 0 aliphatic rings. The number of fused-ring (bicyclic) bond motifs is 1. The quantitative estimate of drug-likeness (QED) is 0.175. The van der Waals surface area contributed by atoms with Gasteiger partial charge in [-0.1, -0.05) is 36.4 Å². The Balaban J connectivity index is 1.29. The highest BCUT2D eigenvalue weighted by Gasteiger charge is 2.18. The molecule has 8 heteroatoms. The minimum atomic E-state index is -0.397. The molecule has 0 saturated heterocycles. The molecule has 0 radical (unpaired) electrons. The summed E-state index contributed by atoms with van der Waals surface area (Å²) in [4.78, 5) is 18.2. The normalized spacial score (nSPS) is 10.8. The van der Waals surface area contributed by atoms with Crippen molar-refractivity contribution in [3.8, 4) is 10.6 Å². The maximum Gasteiger partial charge on any atom is 0.340 e. The van der Waals surface area contributed by atoms with Gasteiger partial charge in [0, 0.05) is 22.5 Å². The number of aromatic nitrogens is 1. The smallest absolute Gasteiger partial charge is 0.340 e. The van der Waals surface area contributed by atoms with Gasteiger partial charge in [0.25, 0.3) is 0 Å². The Labute approximate surface area is 222 Å². The maximum atomic E-state index is 12.4. The largest absolute Gasteiger partial charge is 0.465 e. The Hall–Kier alpha value is -3.59. The average Bonchev–Trinajstić information content (AvgIpc) is 3.48. The lowest BCUT2D eigenvalue weighted by Gasteiger charge is -2.10. The van der Waals surface area contributed by atoms with Crippen molar-refractivity contribution in [2.45, 2.75) is 13.3 Å². The third-order valence-electron chi connectivity index (χ3n) is 5.57. The molecule has 0 saturated carbocycles. The fraction of sp³-hybridized carbons (Fsp3) is 0.107. The number of thiocarbonyl (C=S) groups is 1. The number of methoxy groups -OCH3 is 1. The highest BCUT2D eigenvalue weighted by Crippen LogP contribution is 2.32. The molecule has 5 rings (SSSR count). The zero-order chi connectivity index (χ0) is 25.1. The molecular formula is C28H23N3O2S3. The number of aryl methyl sites for hydroxylation is 1. The molecule has 5 aromatic rings. The van der Waals surface area contributed by atoms with E-state index in [9.17, 15) is 4.79 Å². The molecule has 0 bridgehead atoms. The van der Waals surface area contributed by atoms with Crippen LogP contribution in [0, 0.1) is 6.92 Å². The lowest BCUT2D eigenvalue weighted by atomic mass is 10.1. The number of ether oxygens (including phenoxy) is 1. The summed E-state index contributed by atoms with van der Waals surface area (Å²) >= 11 is 8.72. The topological polar surface area (TPSA) is 63.2 Å². The first kappa shape index (κ1) is 24.1. The SMILES string of the molecule is COC(=O)c1cc(Cc2ccccc2)sc1NC(=S)Nc1ccc(-c2nc3ccc(C)cc3s2)cc1.